The zero-order valence-corrected chi connectivity index (χ0v) is 11.7. The van der Waals surface area contributed by atoms with E-state index in [1.54, 1.807) is 18.2 Å². The van der Waals surface area contributed by atoms with Crippen molar-refractivity contribution in [1.29, 1.82) is 0 Å². The first-order chi connectivity index (χ1) is 9.52. The average Bonchev–Trinajstić information content (AvgIpc) is 2.73. The fraction of sp³-hybridized carbons (Fsp3) is 0.286. The molecule has 0 radical (unpaired) electrons. The third kappa shape index (κ3) is 2.74. The van der Waals surface area contributed by atoms with E-state index in [0.717, 1.165) is 11.3 Å². The molecule has 0 fully saturated rings. The third-order valence-corrected chi connectivity index (χ3v) is 2.96. The van der Waals surface area contributed by atoms with Gasteiger partial charge in [0.15, 0.2) is 0 Å². The van der Waals surface area contributed by atoms with Crippen molar-refractivity contribution in [3.8, 4) is 5.75 Å². The number of hydrogen-bond donors (Lipinski definition) is 2. The summed E-state index contributed by atoms with van der Waals surface area (Å²) in [6.45, 7) is 6.03. The smallest absolute Gasteiger partial charge is 0.258 e. The molecule has 2 rings (SSSR count). The maximum absolute atomic E-state index is 12.1. The summed E-state index contributed by atoms with van der Waals surface area (Å²) in [4.78, 5) is 12.1. The van der Waals surface area contributed by atoms with Crippen LogP contribution in [0.2, 0.25) is 0 Å². The second-order valence-electron chi connectivity index (χ2n) is 4.36. The Balaban J connectivity index is 2.17. The number of nitrogens with zero attached hydrogens (tertiary/aromatic N) is 1. The van der Waals surface area contributed by atoms with Crippen LogP contribution in [0.1, 0.15) is 28.5 Å². The van der Waals surface area contributed by atoms with Crippen molar-refractivity contribution in [3.05, 3.63) is 35.0 Å². The molecule has 2 aromatic rings. The van der Waals surface area contributed by atoms with Gasteiger partial charge in [0.25, 0.3) is 5.91 Å². The highest BCUT2D eigenvalue weighted by molar-refractivity contribution is 6.04. The highest BCUT2D eigenvalue weighted by Gasteiger charge is 2.14. The Kier molecular flexibility index (Phi) is 3.93. The molecule has 1 aromatic heterocycles. The molecule has 0 atom stereocenters. The van der Waals surface area contributed by atoms with Gasteiger partial charge in [-0.1, -0.05) is 5.16 Å². The standard InChI is InChI=1S/C14H17N3O3/c1-4-19-12-6-5-10(7-11(12)15)13(18)16-14-8(2)9(3)17-20-14/h5-7H,4,15H2,1-3H3,(H,16,18). The number of anilines is 2. The van der Waals surface area contributed by atoms with Gasteiger partial charge >= 0.3 is 0 Å². The Hall–Kier alpha value is -2.50. The van der Waals surface area contributed by atoms with Gasteiger partial charge in [0.05, 0.1) is 18.0 Å². The monoisotopic (exact) mass is 275 g/mol. The average molecular weight is 275 g/mol. The fourth-order valence-electron chi connectivity index (χ4n) is 1.68. The van der Waals surface area contributed by atoms with Gasteiger partial charge in [-0.3, -0.25) is 10.1 Å². The summed E-state index contributed by atoms with van der Waals surface area (Å²) in [6.07, 6.45) is 0. The van der Waals surface area contributed by atoms with Crippen LogP contribution in [0.5, 0.6) is 5.75 Å². The van der Waals surface area contributed by atoms with Crippen LogP contribution in [0, 0.1) is 13.8 Å². The van der Waals surface area contributed by atoms with Crippen LogP contribution in [0.4, 0.5) is 11.6 Å². The number of nitrogen functional groups attached to an aromatic ring is 1. The zero-order valence-electron chi connectivity index (χ0n) is 11.7. The molecule has 3 N–H and O–H groups in total. The van der Waals surface area contributed by atoms with Crippen molar-refractivity contribution in [2.75, 3.05) is 17.7 Å². The first kappa shape index (κ1) is 13.9. The van der Waals surface area contributed by atoms with Crippen LogP contribution in [0.15, 0.2) is 22.7 Å². The minimum absolute atomic E-state index is 0.306. The molecule has 0 aliphatic carbocycles. The Morgan fingerprint density at radius 2 is 2.20 bits per heavy atom. The summed E-state index contributed by atoms with van der Waals surface area (Å²) in [5.41, 5.74) is 8.23. The normalized spacial score (nSPS) is 10.3. The molecule has 0 spiro atoms. The van der Waals surface area contributed by atoms with E-state index in [2.05, 4.69) is 10.5 Å². The zero-order chi connectivity index (χ0) is 14.7. The maximum atomic E-state index is 12.1. The molecule has 0 aliphatic heterocycles. The molecule has 1 heterocycles. The lowest BCUT2D eigenvalue weighted by atomic mass is 10.1. The second kappa shape index (κ2) is 5.64. The Labute approximate surface area is 116 Å². The van der Waals surface area contributed by atoms with Gasteiger partial charge in [0, 0.05) is 11.1 Å². The quantitative estimate of drug-likeness (QED) is 0.837. The van der Waals surface area contributed by atoms with Crippen molar-refractivity contribution in [2.45, 2.75) is 20.8 Å². The van der Waals surface area contributed by atoms with Gasteiger partial charge in [-0.05, 0) is 39.0 Å². The maximum Gasteiger partial charge on any atom is 0.258 e. The minimum Gasteiger partial charge on any atom is -0.492 e. The van der Waals surface area contributed by atoms with E-state index < -0.39 is 0 Å². The number of rotatable bonds is 4. The highest BCUT2D eigenvalue weighted by atomic mass is 16.5. The molecular formula is C14H17N3O3. The van der Waals surface area contributed by atoms with Crippen LogP contribution >= 0.6 is 0 Å². The van der Waals surface area contributed by atoms with Crippen LogP contribution in [-0.2, 0) is 0 Å². The van der Waals surface area contributed by atoms with Gasteiger partial charge in [-0.2, -0.15) is 0 Å². The molecule has 0 bridgehead atoms. The highest BCUT2D eigenvalue weighted by Crippen LogP contribution is 2.24. The molecule has 6 nitrogen and oxygen atoms in total. The fourth-order valence-corrected chi connectivity index (χ4v) is 1.68. The van der Waals surface area contributed by atoms with Crippen molar-refractivity contribution >= 4 is 17.5 Å². The lowest BCUT2D eigenvalue weighted by Crippen LogP contribution is -2.12. The molecule has 0 unspecified atom stereocenters. The number of amides is 1. The van der Waals surface area contributed by atoms with Crippen molar-refractivity contribution in [3.63, 3.8) is 0 Å². The Morgan fingerprint density at radius 1 is 1.45 bits per heavy atom. The third-order valence-electron chi connectivity index (χ3n) is 2.96. The van der Waals surface area contributed by atoms with Crippen molar-refractivity contribution in [2.24, 2.45) is 0 Å². The number of carbonyl (C=O) groups excluding carboxylic acids is 1. The molecule has 20 heavy (non-hydrogen) atoms. The minimum atomic E-state index is -0.306. The van der Waals surface area contributed by atoms with E-state index in [-0.39, 0.29) is 5.91 Å². The van der Waals surface area contributed by atoms with E-state index in [0.29, 0.717) is 29.5 Å². The van der Waals surface area contributed by atoms with E-state index in [1.165, 1.54) is 0 Å². The Morgan fingerprint density at radius 3 is 2.75 bits per heavy atom. The number of aryl methyl sites for hydroxylation is 1. The second-order valence-corrected chi connectivity index (χ2v) is 4.36. The predicted molar refractivity (Wildman–Crippen MR) is 76.0 cm³/mol. The van der Waals surface area contributed by atoms with Gasteiger partial charge in [-0.15, -0.1) is 0 Å². The summed E-state index contributed by atoms with van der Waals surface area (Å²) < 4.78 is 10.4. The number of hydrogen-bond acceptors (Lipinski definition) is 5. The first-order valence-electron chi connectivity index (χ1n) is 6.29. The first-order valence-corrected chi connectivity index (χ1v) is 6.29. The number of carbonyl (C=O) groups is 1. The van der Waals surface area contributed by atoms with Crippen LogP contribution < -0.4 is 15.8 Å². The molecule has 1 aromatic carbocycles. The number of nitrogens with two attached hydrogens (primary N) is 1. The summed E-state index contributed by atoms with van der Waals surface area (Å²) in [5, 5.41) is 6.45. The Bertz CT molecular complexity index is 635. The van der Waals surface area contributed by atoms with Gasteiger partial charge in [0.1, 0.15) is 5.75 Å². The number of benzene rings is 1. The summed E-state index contributed by atoms with van der Waals surface area (Å²) >= 11 is 0. The van der Waals surface area contributed by atoms with Gasteiger partial charge < -0.3 is 15.0 Å². The summed E-state index contributed by atoms with van der Waals surface area (Å²) in [7, 11) is 0. The lowest BCUT2D eigenvalue weighted by molar-refractivity contribution is 0.102. The number of nitrogens with one attached hydrogen (secondary N) is 1. The van der Waals surface area contributed by atoms with Gasteiger partial charge in [-0.25, -0.2) is 0 Å². The van der Waals surface area contributed by atoms with Gasteiger partial charge in [0.2, 0.25) is 5.88 Å². The molecular weight excluding hydrogens is 258 g/mol. The van der Waals surface area contributed by atoms with Crippen LogP contribution in [-0.4, -0.2) is 17.7 Å². The van der Waals surface area contributed by atoms with E-state index in [1.807, 2.05) is 20.8 Å². The van der Waals surface area contributed by atoms with E-state index in [4.69, 9.17) is 15.0 Å². The topological polar surface area (TPSA) is 90.4 Å². The number of aromatic nitrogens is 1. The lowest BCUT2D eigenvalue weighted by Gasteiger charge is -2.08. The summed E-state index contributed by atoms with van der Waals surface area (Å²) in [6, 6.07) is 4.89. The molecule has 6 heteroatoms. The number of ether oxygens (including phenoxy) is 1. The van der Waals surface area contributed by atoms with Crippen molar-refractivity contribution < 1.29 is 14.1 Å². The molecule has 1 amide bonds. The summed E-state index contributed by atoms with van der Waals surface area (Å²) in [5.74, 6) is 0.606. The largest absolute Gasteiger partial charge is 0.492 e. The van der Waals surface area contributed by atoms with E-state index >= 15 is 0 Å². The SMILES string of the molecule is CCOc1ccc(C(=O)Nc2onc(C)c2C)cc1N. The molecule has 0 saturated heterocycles. The van der Waals surface area contributed by atoms with Crippen molar-refractivity contribution in [1.82, 2.24) is 5.16 Å². The molecule has 0 aliphatic rings. The van der Waals surface area contributed by atoms with Crippen LogP contribution in [0.25, 0.3) is 0 Å². The molecule has 106 valence electrons. The molecule has 0 saturated carbocycles. The predicted octanol–water partition coefficient (Wildman–Crippen LogP) is 2.52. The van der Waals surface area contributed by atoms with Crippen LogP contribution in [0.3, 0.4) is 0 Å². The van der Waals surface area contributed by atoms with E-state index in [9.17, 15) is 4.79 Å².